The Morgan fingerprint density at radius 1 is 0.636 bits per heavy atom. The number of nitrogens with zero attached hydrogens (tertiary/aromatic N) is 1. The van der Waals surface area contributed by atoms with Crippen LogP contribution in [0.1, 0.15) is 142 Å². The van der Waals surface area contributed by atoms with Crippen LogP contribution in [0, 0.1) is 0 Å². The van der Waals surface area contributed by atoms with Crippen molar-refractivity contribution in [2.24, 2.45) is 0 Å². The largest absolute Gasteiger partial charge is 0.379 e. The number of amides is 1. The van der Waals surface area contributed by atoms with Crippen LogP contribution in [-0.2, 0) is 14.3 Å². The van der Waals surface area contributed by atoms with E-state index < -0.39 is 0 Å². The van der Waals surface area contributed by atoms with E-state index >= 15 is 0 Å². The quantitative estimate of drug-likeness (QED) is 0.0905. The lowest BCUT2D eigenvalue weighted by atomic mass is 10.1. The molecule has 1 fully saturated rings. The molecule has 0 spiro atoms. The zero-order chi connectivity index (χ0) is 23.8. The van der Waals surface area contributed by atoms with E-state index in [-0.39, 0.29) is 12.0 Å². The molecule has 1 heterocycles. The van der Waals surface area contributed by atoms with Crippen LogP contribution in [-0.4, -0.2) is 49.8 Å². The van der Waals surface area contributed by atoms with Gasteiger partial charge in [-0.2, -0.15) is 0 Å². The van der Waals surface area contributed by atoms with E-state index in [1.165, 1.54) is 116 Å². The SMILES string of the molecule is CCCCCCCCCCCCOCC(CN1CC1=O)OCCCCCCCCCCCC. The first kappa shape index (κ1) is 30.4. The zero-order valence-corrected chi connectivity index (χ0v) is 22.4. The average molecular weight is 468 g/mol. The normalized spacial score (nSPS) is 14.2. The van der Waals surface area contributed by atoms with Crippen molar-refractivity contribution >= 4 is 5.91 Å². The van der Waals surface area contributed by atoms with Crippen molar-refractivity contribution in [3.05, 3.63) is 0 Å². The van der Waals surface area contributed by atoms with Crippen molar-refractivity contribution in [3.8, 4) is 0 Å². The molecular formula is C29H57NO3. The van der Waals surface area contributed by atoms with Crippen molar-refractivity contribution in [1.29, 1.82) is 0 Å². The number of ether oxygens (including phenoxy) is 2. The van der Waals surface area contributed by atoms with Crippen LogP contribution in [0.15, 0.2) is 0 Å². The van der Waals surface area contributed by atoms with Gasteiger partial charge in [-0.05, 0) is 12.8 Å². The second-order valence-corrected chi connectivity index (χ2v) is 10.2. The Hall–Kier alpha value is -0.610. The Morgan fingerprint density at radius 2 is 1.03 bits per heavy atom. The van der Waals surface area contributed by atoms with E-state index in [0.29, 0.717) is 19.7 Å². The summed E-state index contributed by atoms with van der Waals surface area (Å²) in [6.07, 6.45) is 26.9. The van der Waals surface area contributed by atoms with Crippen molar-refractivity contribution in [2.75, 3.05) is 32.9 Å². The average Bonchev–Trinajstić information content (AvgIpc) is 3.52. The molecule has 1 amide bonds. The van der Waals surface area contributed by atoms with Crippen LogP contribution in [0.3, 0.4) is 0 Å². The summed E-state index contributed by atoms with van der Waals surface area (Å²) in [4.78, 5) is 13.3. The molecule has 4 heteroatoms. The molecule has 1 atom stereocenters. The van der Waals surface area contributed by atoms with Gasteiger partial charge in [-0.3, -0.25) is 4.79 Å². The number of hydrogen-bond donors (Lipinski definition) is 0. The third-order valence-electron chi connectivity index (χ3n) is 6.80. The van der Waals surface area contributed by atoms with E-state index in [1.54, 1.807) is 0 Å². The second kappa shape index (κ2) is 23.1. The van der Waals surface area contributed by atoms with Crippen LogP contribution >= 0.6 is 0 Å². The molecular weight excluding hydrogens is 410 g/mol. The molecule has 196 valence electrons. The number of carbonyl (C=O) groups is 1. The Kier molecular flexibility index (Phi) is 21.3. The smallest absolute Gasteiger partial charge is 0.242 e. The molecule has 33 heavy (non-hydrogen) atoms. The van der Waals surface area contributed by atoms with Crippen LogP contribution in [0.25, 0.3) is 0 Å². The van der Waals surface area contributed by atoms with Gasteiger partial charge in [-0.15, -0.1) is 0 Å². The van der Waals surface area contributed by atoms with E-state index in [4.69, 9.17) is 9.47 Å². The van der Waals surface area contributed by atoms with Crippen LogP contribution < -0.4 is 0 Å². The van der Waals surface area contributed by atoms with Crippen molar-refractivity contribution in [1.82, 2.24) is 4.90 Å². The van der Waals surface area contributed by atoms with Crippen LogP contribution in [0.4, 0.5) is 0 Å². The summed E-state index contributed by atoms with van der Waals surface area (Å²) >= 11 is 0. The third kappa shape index (κ3) is 20.5. The van der Waals surface area contributed by atoms with Gasteiger partial charge in [-0.1, -0.05) is 129 Å². The zero-order valence-electron chi connectivity index (χ0n) is 22.4. The molecule has 0 bridgehead atoms. The van der Waals surface area contributed by atoms with E-state index in [1.807, 2.05) is 4.90 Å². The molecule has 0 N–H and O–H groups in total. The van der Waals surface area contributed by atoms with Gasteiger partial charge in [0, 0.05) is 19.8 Å². The Bertz CT molecular complexity index is 429. The lowest BCUT2D eigenvalue weighted by Gasteiger charge is -2.18. The van der Waals surface area contributed by atoms with Gasteiger partial charge in [0.05, 0.1) is 19.3 Å². The summed E-state index contributed by atoms with van der Waals surface area (Å²) in [5.74, 6) is 0.247. The monoisotopic (exact) mass is 467 g/mol. The standard InChI is InChI=1S/C29H57NO3/c1-3-5-7-9-11-13-15-17-19-21-23-32-27-28(25-30-26-29(30)31)33-24-22-20-18-16-14-12-10-8-6-4-2/h28H,3-27H2,1-2H3. The van der Waals surface area contributed by atoms with Gasteiger partial charge in [0.1, 0.15) is 0 Å². The maximum absolute atomic E-state index is 11.4. The fraction of sp³-hybridized carbons (Fsp3) is 0.966. The van der Waals surface area contributed by atoms with Gasteiger partial charge in [0.2, 0.25) is 5.91 Å². The highest BCUT2D eigenvalue weighted by Crippen LogP contribution is 2.14. The first-order chi connectivity index (χ1) is 16.3. The van der Waals surface area contributed by atoms with E-state index in [2.05, 4.69) is 13.8 Å². The van der Waals surface area contributed by atoms with Gasteiger partial charge in [0.15, 0.2) is 0 Å². The van der Waals surface area contributed by atoms with Gasteiger partial charge < -0.3 is 14.4 Å². The predicted octanol–water partition coefficient (Wildman–Crippen LogP) is 8.07. The minimum atomic E-state index is 0.0399. The van der Waals surface area contributed by atoms with Crippen LogP contribution in [0.2, 0.25) is 0 Å². The number of carbonyl (C=O) groups excluding carboxylic acids is 1. The topological polar surface area (TPSA) is 38.5 Å². The molecule has 1 aliphatic heterocycles. The Labute approximate surface area is 206 Å². The third-order valence-corrected chi connectivity index (χ3v) is 6.80. The molecule has 4 nitrogen and oxygen atoms in total. The summed E-state index contributed by atoms with van der Waals surface area (Å²) < 4.78 is 12.0. The molecule has 1 saturated heterocycles. The summed E-state index contributed by atoms with van der Waals surface area (Å²) in [5, 5.41) is 0. The molecule has 0 aromatic rings. The van der Waals surface area contributed by atoms with E-state index in [0.717, 1.165) is 26.1 Å². The fourth-order valence-corrected chi connectivity index (χ4v) is 4.44. The molecule has 0 aromatic heterocycles. The summed E-state index contributed by atoms with van der Waals surface area (Å²) in [6, 6.07) is 0. The lowest BCUT2D eigenvalue weighted by Crippen LogP contribution is -2.29. The first-order valence-electron chi connectivity index (χ1n) is 14.7. The van der Waals surface area contributed by atoms with Gasteiger partial charge >= 0.3 is 0 Å². The molecule has 0 aromatic carbocycles. The highest BCUT2D eigenvalue weighted by Gasteiger charge is 2.32. The Balaban J connectivity index is 1.93. The van der Waals surface area contributed by atoms with Crippen molar-refractivity contribution in [2.45, 2.75) is 148 Å². The highest BCUT2D eigenvalue weighted by atomic mass is 16.5. The maximum Gasteiger partial charge on any atom is 0.242 e. The lowest BCUT2D eigenvalue weighted by molar-refractivity contribution is -0.114. The highest BCUT2D eigenvalue weighted by molar-refractivity contribution is 5.92. The van der Waals surface area contributed by atoms with Crippen molar-refractivity contribution in [3.63, 3.8) is 0 Å². The predicted molar refractivity (Wildman–Crippen MR) is 141 cm³/mol. The maximum atomic E-state index is 11.4. The van der Waals surface area contributed by atoms with Crippen molar-refractivity contribution < 1.29 is 14.3 Å². The number of rotatable bonds is 27. The first-order valence-corrected chi connectivity index (χ1v) is 14.7. The van der Waals surface area contributed by atoms with Gasteiger partial charge in [-0.25, -0.2) is 0 Å². The molecule has 1 aliphatic rings. The molecule has 1 unspecified atom stereocenters. The number of unbranched alkanes of at least 4 members (excludes halogenated alkanes) is 18. The second-order valence-electron chi connectivity index (χ2n) is 10.2. The summed E-state index contributed by atoms with van der Waals surface area (Å²) in [5.41, 5.74) is 0. The van der Waals surface area contributed by atoms with Crippen LogP contribution in [0.5, 0.6) is 0 Å². The molecule has 0 radical (unpaired) electrons. The number of hydrogen-bond acceptors (Lipinski definition) is 3. The summed E-state index contributed by atoms with van der Waals surface area (Å²) in [7, 11) is 0. The minimum absolute atomic E-state index is 0.0399. The molecule has 0 saturated carbocycles. The molecule has 1 rings (SSSR count). The summed E-state index contributed by atoms with van der Waals surface area (Å²) in [6.45, 7) is 8.09. The fourth-order valence-electron chi connectivity index (χ4n) is 4.44. The molecule has 0 aliphatic carbocycles. The van der Waals surface area contributed by atoms with Gasteiger partial charge in [0.25, 0.3) is 0 Å². The van der Waals surface area contributed by atoms with E-state index in [9.17, 15) is 4.79 Å². The minimum Gasteiger partial charge on any atom is -0.379 e. The Morgan fingerprint density at radius 3 is 1.45 bits per heavy atom.